The zero-order chi connectivity index (χ0) is 18.7. The number of tetrazole rings is 1. The molecule has 2 saturated heterocycles. The second-order valence-electron chi connectivity index (χ2n) is 8.79. The molecule has 1 aromatic heterocycles. The lowest BCUT2D eigenvalue weighted by Gasteiger charge is -2.39. The monoisotopic (exact) mass is 371 g/mol. The summed E-state index contributed by atoms with van der Waals surface area (Å²) in [6.45, 7) is 14.9. The highest BCUT2D eigenvalue weighted by atomic mass is 28.4. The second kappa shape index (κ2) is 5.79. The molecule has 0 saturated carbocycles. The number of hydrogen-bond donors (Lipinski definition) is 2. The fraction of sp³-hybridized carbons (Fsp3) is 0.933. The first-order chi connectivity index (χ1) is 11.4. The van der Waals surface area contributed by atoms with Crippen LogP contribution in [0.3, 0.4) is 0 Å². The van der Waals surface area contributed by atoms with Crippen molar-refractivity contribution < 1.29 is 18.6 Å². The molecular formula is C15H29N5O4Si. The molecule has 1 aromatic rings. The van der Waals surface area contributed by atoms with Crippen molar-refractivity contribution in [3.63, 3.8) is 0 Å². The van der Waals surface area contributed by atoms with Crippen molar-refractivity contribution in [2.75, 3.05) is 6.61 Å². The molecule has 2 aliphatic heterocycles. The fourth-order valence-electron chi connectivity index (χ4n) is 2.90. The quantitative estimate of drug-likeness (QED) is 0.759. The third-order valence-electron chi connectivity index (χ3n) is 5.49. The highest BCUT2D eigenvalue weighted by Crippen LogP contribution is 2.46. The zero-order valence-corrected chi connectivity index (χ0v) is 17.0. The molecule has 3 rings (SSSR count). The zero-order valence-electron chi connectivity index (χ0n) is 16.0. The summed E-state index contributed by atoms with van der Waals surface area (Å²) < 4.78 is 24.2. The minimum Gasteiger partial charge on any atom is -0.414 e. The minimum absolute atomic E-state index is 0.0832. The van der Waals surface area contributed by atoms with Crippen LogP contribution in [-0.4, -0.2) is 59.8 Å². The Morgan fingerprint density at radius 1 is 1.28 bits per heavy atom. The third-order valence-corrected chi connectivity index (χ3v) is 10.00. The molecule has 0 spiro atoms. The van der Waals surface area contributed by atoms with E-state index in [1.54, 1.807) is 0 Å². The summed E-state index contributed by atoms with van der Waals surface area (Å²) in [4.78, 5) is 0. The van der Waals surface area contributed by atoms with E-state index >= 15 is 0 Å². The van der Waals surface area contributed by atoms with Gasteiger partial charge in [-0.2, -0.15) is 5.21 Å². The van der Waals surface area contributed by atoms with Crippen LogP contribution in [0.15, 0.2) is 0 Å². The van der Waals surface area contributed by atoms with Crippen molar-refractivity contribution in [2.45, 2.75) is 82.6 Å². The van der Waals surface area contributed by atoms with Gasteiger partial charge in [0.25, 0.3) is 0 Å². The van der Waals surface area contributed by atoms with Gasteiger partial charge in [-0.05, 0) is 32.0 Å². The molecular weight excluding hydrogens is 342 g/mol. The number of rotatable bonds is 4. The Bertz CT molecular complexity index is 618. The number of ether oxygens (including phenoxy) is 3. The van der Waals surface area contributed by atoms with Crippen LogP contribution in [0.25, 0.3) is 0 Å². The smallest absolute Gasteiger partial charge is 0.199 e. The number of H-pyrrole nitrogens is 1. The number of nitrogens with zero attached hydrogens (tertiary/aromatic N) is 3. The van der Waals surface area contributed by atoms with Crippen LogP contribution in [0.5, 0.6) is 0 Å². The number of fused-ring (bicyclic) bond motifs is 1. The molecule has 2 aliphatic rings. The highest BCUT2D eigenvalue weighted by Gasteiger charge is 2.65. The van der Waals surface area contributed by atoms with Crippen LogP contribution in [0.1, 0.15) is 40.4 Å². The molecule has 0 unspecified atom stereocenters. The van der Waals surface area contributed by atoms with Crippen LogP contribution in [0, 0.1) is 0 Å². The average Bonchev–Trinajstić information content (AvgIpc) is 3.13. The van der Waals surface area contributed by atoms with E-state index in [-0.39, 0.29) is 5.04 Å². The molecule has 3 N–H and O–H groups in total. The maximum atomic E-state index is 6.73. The van der Waals surface area contributed by atoms with Gasteiger partial charge in [-0.15, -0.1) is 10.2 Å². The second-order valence-corrected chi connectivity index (χ2v) is 13.6. The van der Waals surface area contributed by atoms with Crippen LogP contribution in [0.2, 0.25) is 18.1 Å². The van der Waals surface area contributed by atoms with E-state index in [0.717, 1.165) is 0 Å². The average molecular weight is 372 g/mol. The minimum atomic E-state index is -1.97. The molecule has 0 bridgehead atoms. The van der Waals surface area contributed by atoms with E-state index in [0.29, 0.717) is 12.4 Å². The van der Waals surface area contributed by atoms with Crippen molar-refractivity contribution in [3.05, 3.63) is 5.82 Å². The van der Waals surface area contributed by atoms with Gasteiger partial charge in [0.1, 0.15) is 17.7 Å². The summed E-state index contributed by atoms with van der Waals surface area (Å²) in [5, 5.41) is 14.4. The van der Waals surface area contributed by atoms with Crippen molar-refractivity contribution in [2.24, 2.45) is 5.73 Å². The van der Waals surface area contributed by atoms with Gasteiger partial charge in [-0.1, -0.05) is 26.0 Å². The van der Waals surface area contributed by atoms with Gasteiger partial charge >= 0.3 is 0 Å². The van der Waals surface area contributed by atoms with Gasteiger partial charge in [0.2, 0.25) is 0 Å². The van der Waals surface area contributed by atoms with E-state index in [1.807, 2.05) is 13.8 Å². The number of aromatic nitrogens is 4. The SMILES string of the molecule is CC1(C)O[C@H]2O[C@H](CO[Si](C)(C)C(C)(C)C)[C@](N)(c3nn[nH]n3)[C@H]2O1. The molecule has 0 radical (unpaired) electrons. The summed E-state index contributed by atoms with van der Waals surface area (Å²) >= 11 is 0. The Morgan fingerprint density at radius 3 is 2.52 bits per heavy atom. The van der Waals surface area contributed by atoms with Gasteiger partial charge in [-0.3, -0.25) is 0 Å². The van der Waals surface area contributed by atoms with Crippen molar-refractivity contribution in [1.29, 1.82) is 0 Å². The fourth-order valence-corrected chi connectivity index (χ4v) is 3.91. The Labute approximate surface area is 149 Å². The molecule has 0 aromatic carbocycles. The molecule has 3 heterocycles. The van der Waals surface area contributed by atoms with Crippen molar-refractivity contribution >= 4 is 8.32 Å². The summed E-state index contributed by atoms with van der Waals surface area (Å²) in [7, 11) is -1.97. The lowest BCUT2D eigenvalue weighted by Crippen LogP contribution is -2.57. The summed E-state index contributed by atoms with van der Waals surface area (Å²) in [6.07, 6.45) is -1.62. The van der Waals surface area contributed by atoms with Crippen molar-refractivity contribution in [3.8, 4) is 0 Å². The Kier molecular flexibility index (Phi) is 4.37. The molecule has 4 atom stereocenters. The Morgan fingerprint density at radius 2 is 1.96 bits per heavy atom. The molecule has 25 heavy (non-hydrogen) atoms. The highest BCUT2D eigenvalue weighted by molar-refractivity contribution is 6.74. The largest absolute Gasteiger partial charge is 0.414 e. The number of nitrogens with two attached hydrogens (primary N) is 1. The van der Waals surface area contributed by atoms with Gasteiger partial charge in [-0.25, -0.2) is 0 Å². The van der Waals surface area contributed by atoms with E-state index in [2.05, 4.69) is 54.5 Å². The maximum absolute atomic E-state index is 6.73. The Balaban J connectivity index is 1.85. The van der Waals surface area contributed by atoms with E-state index in [9.17, 15) is 0 Å². The van der Waals surface area contributed by atoms with E-state index in [4.69, 9.17) is 24.4 Å². The molecule has 10 heteroatoms. The van der Waals surface area contributed by atoms with Gasteiger partial charge in [0, 0.05) is 0 Å². The van der Waals surface area contributed by atoms with Gasteiger partial charge < -0.3 is 24.4 Å². The van der Waals surface area contributed by atoms with Crippen molar-refractivity contribution in [1.82, 2.24) is 20.6 Å². The number of nitrogens with one attached hydrogen (secondary N) is 1. The Hall–Kier alpha value is -0.913. The van der Waals surface area contributed by atoms with Crippen LogP contribution >= 0.6 is 0 Å². The van der Waals surface area contributed by atoms with Crippen LogP contribution < -0.4 is 5.73 Å². The van der Waals surface area contributed by atoms with Crippen LogP contribution in [0.4, 0.5) is 0 Å². The van der Waals surface area contributed by atoms with Gasteiger partial charge in [0.15, 0.2) is 26.2 Å². The first-order valence-electron chi connectivity index (χ1n) is 8.55. The molecule has 142 valence electrons. The molecule has 9 nitrogen and oxygen atoms in total. The summed E-state index contributed by atoms with van der Waals surface area (Å²) in [6, 6.07) is 0. The lowest BCUT2D eigenvalue weighted by atomic mass is 9.89. The van der Waals surface area contributed by atoms with E-state index in [1.165, 1.54) is 0 Å². The maximum Gasteiger partial charge on any atom is 0.199 e. The van der Waals surface area contributed by atoms with E-state index < -0.39 is 38.1 Å². The number of hydrogen-bond acceptors (Lipinski definition) is 8. The first-order valence-corrected chi connectivity index (χ1v) is 11.5. The first kappa shape index (κ1) is 18.9. The predicted octanol–water partition coefficient (Wildman–Crippen LogP) is 1.25. The molecule has 0 aliphatic carbocycles. The molecule has 2 fully saturated rings. The topological polar surface area (TPSA) is 117 Å². The predicted molar refractivity (Wildman–Crippen MR) is 91.9 cm³/mol. The normalized spacial score (nSPS) is 35.1. The van der Waals surface area contributed by atoms with Gasteiger partial charge in [0.05, 0.1) is 6.61 Å². The summed E-state index contributed by atoms with van der Waals surface area (Å²) in [5.74, 6) is -0.445. The third kappa shape index (κ3) is 3.15. The number of aromatic amines is 1. The lowest BCUT2D eigenvalue weighted by molar-refractivity contribution is -0.215. The standard InChI is InChI=1S/C15H29N5O4Si/c1-13(2,3)25(6,7)21-8-9-15(16,12-17-19-20-18-12)10-11(22-9)24-14(4,5)23-10/h9-11H,8,16H2,1-7H3,(H,17,18,19,20)/t9-,10+,11-,15-/m1/s1. The molecule has 0 amide bonds. The van der Waals surface area contributed by atoms with Crippen LogP contribution in [-0.2, 0) is 24.2 Å². The summed E-state index contributed by atoms with van der Waals surface area (Å²) in [5.41, 5.74) is 5.63.